The van der Waals surface area contributed by atoms with Crippen LogP contribution in [0.2, 0.25) is 0 Å². The van der Waals surface area contributed by atoms with Crippen LogP contribution in [0, 0.1) is 0 Å². The molecule has 2 heterocycles. The Morgan fingerprint density at radius 3 is 2.50 bits per heavy atom. The molecular formula is C13H17F4NO4. The van der Waals surface area contributed by atoms with E-state index >= 15 is 0 Å². The zero-order valence-corrected chi connectivity index (χ0v) is 12.0. The summed E-state index contributed by atoms with van der Waals surface area (Å²) in [5, 5.41) is 0. The van der Waals surface area contributed by atoms with Crippen LogP contribution in [0.1, 0.15) is 25.7 Å². The maximum atomic E-state index is 13.5. The predicted molar refractivity (Wildman–Crippen MR) is 65.6 cm³/mol. The van der Waals surface area contributed by atoms with Gasteiger partial charge < -0.3 is 14.4 Å². The molecule has 2 rings (SSSR count). The second-order valence-electron chi connectivity index (χ2n) is 5.46. The Hall–Kier alpha value is -1.38. The summed E-state index contributed by atoms with van der Waals surface area (Å²) in [5.74, 6) is -2.34. The lowest BCUT2D eigenvalue weighted by atomic mass is 9.91. The van der Waals surface area contributed by atoms with Gasteiger partial charge in [0.25, 0.3) is 5.91 Å². The van der Waals surface area contributed by atoms with Crippen molar-refractivity contribution in [2.75, 3.05) is 20.3 Å². The fourth-order valence-electron chi connectivity index (χ4n) is 2.91. The number of hydrogen-bond donors (Lipinski definition) is 0. The van der Waals surface area contributed by atoms with Gasteiger partial charge in [-0.25, -0.2) is 9.18 Å². The number of nitrogens with zero attached hydrogens (tertiary/aromatic N) is 1. The molecule has 2 saturated heterocycles. The van der Waals surface area contributed by atoms with Gasteiger partial charge in [-0.2, -0.15) is 13.2 Å². The first-order chi connectivity index (χ1) is 10.2. The van der Waals surface area contributed by atoms with E-state index in [1.165, 1.54) is 0 Å². The van der Waals surface area contributed by atoms with E-state index in [1.807, 2.05) is 0 Å². The third-order valence-corrected chi connectivity index (χ3v) is 4.06. The molecule has 0 radical (unpaired) electrons. The molecule has 3 atom stereocenters. The normalized spacial score (nSPS) is 32.9. The largest absolute Gasteiger partial charge is 0.467 e. The van der Waals surface area contributed by atoms with Crippen LogP contribution < -0.4 is 0 Å². The number of halogens is 4. The zero-order chi connectivity index (χ0) is 16.5. The number of esters is 1. The lowest BCUT2D eigenvalue weighted by Crippen LogP contribution is -2.62. The number of carbonyl (C=O) groups excluding carboxylic acids is 2. The van der Waals surface area contributed by atoms with E-state index in [1.54, 1.807) is 0 Å². The molecule has 5 nitrogen and oxygen atoms in total. The van der Waals surface area contributed by atoms with Crippen molar-refractivity contribution in [3.05, 3.63) is 0 Å². The van der Waals surface area contributed by atoms with E-state index in [9.17, 15) is 27.2 Å². The molecular weight excluding hydrogens is 310 g/mol. The number of likely N-dealkylation sites (tertiary alicyclic amines) is 1. The maximum Gasteiger partial charge on any atom is 0.426 e. The summed E-state index contributed by atoms with van der Waals surface area (Å²) < 4.78 is 63.1. The van der Waals surface area contributed by atoms with Crippen molar-refractivity contribution in [2.24, 2.45) is 0 Å². The maximum absolute atomic E-state index is 13.5. The van der Waals surface area contributed by atoms with Crippen molar-refractivity contribution in [1.29, 1.82) is 0 Å². The Bertz CT molecular complexity index is 448. The molecule has 2 aliphatic rings. The summed E-state index contributed by atoms with van der Waals surface area (Å²) in [6, 6.07) is -1.35. The second kappa shape index (κ2) is 6.02. The van der Waals surface area contributed by atoms with Crippen LogP contribution in [-0.2, 0) is 19.1 Å². The average Bonchev–Trinajstić information content (AvgIpc) is 2.87. The van der Waals surface area contributed by atoms with Crippen molar-refractivity contribution >= 4 is 11.9 Å². The molecule has 1 unspecified atom stereocenters. The Morgan fingerprint density at radius 2 is 2.00 bits per heavy atom. The van der Waals surface area contributed by atoms with E-state index in [0.717, 1.165) is 7.11 Å². The molecule has 22 heavy (non-hydrogen) atoms. The van der Waals surface area contributed by atoms with Gasteiger partial charge in [-0.1, -0.05) is 0 Å². The highest BCUT2D eigenvalue weighted by molar-refractivity contribution is 5.91. The number of amides is 1. The van der Waals surface area contributed by atoms with Gasteiger partial charge in [0.15, 0.2) is 0 Å². The van der Waals surface area contributed by atoms with Gasteiger partial charge in [-0.3, -0.25) is 4.79 Å². The van der Waals surface area contributed by atoms with Crippen LogP contribution in [0.5, 0.6) is 0 Å². The summed E-state index contributed by atoms with van der Waals surface area (Å²) >= 11 is 0. The van der Waals surface area contributed by atoms with Crippen molar-refractivity contribution in [3.8, 4) is 0 Å². The fraction of sp³-hybridized carbons (Fsp3) is 0.846. The van der Waals surface area contributed by atoms with Gasteiger partial charge in [0.05, 0.1) is 13.7 Å². The van der Waals surface area contributed by atoms with Crippen LogP contribution in [0.25, 0.3) is 0 Å². The highest BCUT2D eigenvalue weighted by Gasteiger charge is 2.64. The standard InChI is InChI=1S/C13H17F4NO4/c1-21-10(19)9-6-8(14)7-18(9)11(20)12(13(15,16)17)4-2-3-5-22-12/h8-9H,2-7H2,1H3/t8-,9+,12?/m1/s1. The number of alkyl halides is 4. The molecule has 1 amide bonds. The van der Waals surface area contributed by atoms with E-state index < -0.39 is 48.8 Å². The quantitative estimate of drug-likeness (QED) is 0.571. The smallest absolute Gasteiger partial charge is 0.426 e. The van der Waals surface area contributed by atoms with Gasteiger partial charge in [-0.15, -0.1) is 0 Å². The minimum atomic E-state index is -4.93. The van der Waals surface area contributed by atoms with Crippen LogP contribution >= 0.6 is 0 Å². The monoisotopic (exact) mass is 327 g/mol. The second-order valence-corrected chi connectivity index (χ2v) is 5.46. The minimum Gasteiger partial charge on any atom is -0.467 e. The Balaban J connectivity index is 2.32. The van der Waals surface area contributed by atoms with Crippen molar-refractivity contribution in [3.63, 3.8) is 0 Å². The summed E-state index contributed by atoms with van der Waals surface area (Å²) in [6.45, 7) is -0.777. The first-order valence-corrected chi connectivity index (χ1v) is 6.96. The van der Waals surface area contributed by atoms with Crippen LogP contribution in [0.4, 0.5) is 17.6 Å². The number of carbonyl (C=O) groups is 2. The first kappa shape index (κ1) is 17.0. The fourth-order valence-corrected chi connectivity index (χ4v) is 2.91. The molecule has 0 aliphatic carbocycles. The summed E-state index contributed by atoms with van der Waals surface area (Å²) in [6.07, 6.45) is -6.82. The highest BCUT2D eigenvalue weighted by Crippen LogP contribution is 2.43. The van der Waals surface area contributed by atoms with E-state index in [2.05, 4.69) is 4.74 Å². The molecule has 2 aliphatic heterocycles. The molecule has 0 spiro atoms. The molecule has 0 saturated carbocycles. The highest BCUT2D eigenvalue weighted by atomic mass is 19.4. The van der Waals surface area contributed by atoms with Crippen LogP contribution in [-0.4, -0.2) is 61.0 Å². The third-order valence-electron chi connectivity index (χ3n) is 4.06. The lowest BCUT2D eigenvalue weighted by molar-refractivity contribution is -0.281. The molecule has 0 N–H and O–H groups in total. The Kier molecular flexibility index (Phi) is 4.65. The summed E-state index contributed by atoms with van der Waals surface area (Å²) in [4.78, 5) is 24.7. The molecule has 0 aromatic rings. The van der Waals surface area contributed by atoms with E-state index in [-0.39, 0.29) is 19.4 Å². The molecule has 0 aromatic heterocycles. The molecule has 9 heteroatoms. The number of rotatable bonds is 2. The van der Waals surface area contributed by atoms with Gasteiger partial charge in [0.2, 0.25) is 5.60 Å². The average molecular weight is 327 g/mol. The van der Waals surface area contributed by atoms with Crippen molar-refractivity contribution in [1.82, 2.24) is 4.90 Å². The summed E-state index contributed by atoms with van der Waals surface area (Å²) in [7, 11) is 1.03. The predicted octanol–water partition coefficient (Wildman–Crippen LogP) is 1.60. The SMILES string of the molecule is COC(=O)[C@@H]1C[C@@H](F)CN1C(=O)C1(C(F)(F)F)CCCCO1. The Morgan fingerprint density at radius 1 is 1.32 bits per heavy atom. The number of ether oxygens (including phenoxy) is 2. The molecule has 0 aromatic carbocycles. The lowest BCUT2D eigenvalue weighted by Gasteiger charge is -2.40. The summed E-state index contributed by atoms with van der Waals surface area (Å²) in [5.41, 5.74) is -3.00. The van der Waals surface area contributed by atoms with Gasteiger partial charge in [-0.05, 0) is 19.3 Å². The van der Waals surface area contributed by atoms with Crippen LogP contribution in [0.15, 0.2) is 0 Å². The molecule has 126 valence electrons. The van der Waals surface area contributed by atoms with E-state index in [4.69, 9.17) is 4.74 Å². The topological polar surface area (TPSA) is 55.8 Å². The van der Waals surface area contributed by atoms with Gasteiger partial charge >= 0.3 is 12.1 Å². The Labute approximate surface area is 124 Å². The third kappa shape index (κ3) is 2.78. The van der Waals surface area contributed by atoms with Crippen LogP contribution in [0.3, 0.4) is 0 Å². The van der Waals surface area contributed by atoms with Crippen molar-refractivity contribution in [2.45, 2.75) is 49.7 Å². The number of hydrogen-bond acceptors (Lipinski definition) is 4. The molecule has 2 fully saturated rings. The van der Waals surface area contributed by atoms with Gasteiger partial charge in [0, 0.05) is 13.0 Å². The first-order valence-electron chi connectivity index (χ1n) is 6.96. The zero-order valence-electron chi connectivity index (χ0n) is 12.0. The number of methoxy groups -OCH3 is 1. The van der Waals surface area contributed by atoms with Crippen molar-refractivity contribution < 1.29 is 36.6 Å². The minimum absolute atomic E-state index is 0.168. The van der Waals surface area contributed by atoms with E-state index in [0.29, 0.717) is 11.3 Å². The van der Waals surface area contributed by atoms with Gasteiger partial charge in [0.1, 0.15) is 12.2 Å². The molecule has 0 bridgehead atoms.